The molecule has 0 aromatic heterocycles. The summed E-state index contributed by atoms with van der Waals surface area (Å²) in [5, 5.41) is 12.2. The molecule has 2 aromatic rings. The number of anilines is 2. The Kier molecular flexibility index (Phi) is 4.80. The number of para-hydroxylation sites is 1. The Morgan fingerprint density at radius 1 is 1.15 bits per heavy atom. The molecule has 2 aromatic carbocycles. The molecule has 0 saturated carbocycles. The van der Waals surface area contributed by atoms with E-state index < -0.39 is 10.0 Å². The lowest BCUT2D eigenvalue weighted by molar-refractivity contribution is -0.110. The average molecular weight is 372 g/mol. The number of nitrogens with one attached hydrogen (secondary N) is 2. The number of fused-ring (bicyclic) bond motifs is 1. The lowest BCUT2D eigenvalue weighted by Crippen LogP contribution is -2.18. The van der Waals surface area contributed by atoms with Crippen LogP contribution in [0, 0.1) is 5.92 Å². The minimum absolute atomic E-state index is 0.0848. The summed E-state index contributed by atoms with van der Waals surface area (Å²) in [6, 6.07) is 11.8. The van der Waals surface area contributed by atoms with Crippen LogP contribution in [0.4, 0.5) is 11.4 Å². The van der Waals surface area contributed by atoms with Crippen LogP contribution in [0.2, 0.25) is 0 Å². The Bertz CT molecular complexity index is 997. The molecule has 1 aliphatic rings. The Hall–Kier alpha value is -2.71. The van der Waals surface area contributed by atoms with Gasteiger partial charge in [0.05, 0.1) is 11.4 Å². The second-order valence-electron chi connectivity index (χ2n) is 6.51. The van der Waals surface area contributed by atoms with Crippen LogP contribution in [0.5, 0.6) is 0 Å². The number of benzene rings is 2. The van der Waals surface area contributed by atoms with Crippen molar-refractivity contribution in [1.82, 2.24) is 0 Å². The number of hydrogen-bond acceptors (Lipinski definition) is 5. The smallest absolute Gasteiger partial charge is 0.276 e. The Morgan fingerprint density at radius 2 is 1.88 bits per heavy atom. The van der Waals surface area contributed by atoms with Crippen LogP contribution in [0.3, 0.4) is 0 Å². The highest BCUT2D eigenvalue weighted by molar-refractivity contribution is 7.89. The van der Waals surface area contributed by atoms with Crippen LogP contribution in [0.15, 0.2) is 52.5 Å². The molecule has 0 unspecified atom stereocenters. The fourth-order valence-corrected chi connectivity index (χ4v) is 3.61. The predicted molar refractivity (Wildman–Crippen MR) is 102 cm³/mol. The number of carbonyl (C=O) groups is 1. The third-order valence-corrected chi connectivity index (χ3v) is 4.93. The molecule has 0 fully saturated rings. The van der Waals surface area contributed by atoms with E-state index >= 15 is 0 Å². The summed E-state index contributed by atoms with van der Waals surface area (Å²) in [6.07, 6.45) is 0.797. The zero-order valence-electron chi connectivity index (χ0n) is 14.5. The van der Waals surface area contributed by atoms with E-state index in [9.17, 15) is 13.2 Å². The maximum Gasteiger partial charge on any atom is 0.276 e. The molecular formula is C18H20N4O3S. The molecule has 0 radical (unpaired) electrons. The molecule has 0 bridgehead atoms. The molecule has 7 nitrogen and oxygen atoms in total. The van der Waals surface area contributed by atoms with Crippen LogP contribution < -0.4 is 15.9 Å². The summed E-state index contributed by atoms with van der Waals surface area (Å²) < 4.78 is 23.4. The number of carbonyl (C=O) groups excluding carboxylic acids is 1. The van der Waals surface area contributed by atoms with E-state index in [1.807, 2.05) is 18.2 Å². The van der Waals surface area contributed by atoms with E-state index in [0.29, 0.717) is 11.6 Å². The highest BCUT2D eigenvalue weighted by atomic mass is 32.2. The molecule has 0 aliphatic carbocycles. The van der Waals surface area contributed by atoms with Gasteiger partial charge in [0.25, 0.3) is 5.91 Å². The number of nitrogens with two attached hydrogens (primary N) is 1. The lowest BCUT2D eigenvalue weighted by atomic mass is 9.95. The van der Waals surface area contributed by atoms with Gasteiger partial charge in [0.2, 0.25) is 10.0 Å². The summed E-state index contributed by atoms with van der Waals surface area (Å²) in [6.45, 7) is 4.20. The van der Waals surface area contributed by atoms with Gasteiger partial charge in [0.1, 0.15) is 4.90 Å². The van der Waals surface area contributed by atoms with Gasteiger partial charge in [-0.2, -0.15) is 5.10 Å². The molecule has 8 heteroatoms. The fraction of sp³-hybridized carbons (Fsp3) is 0.222. The molecule has 0 saturated heterocycles. The summed E-state index contributed by atoms with van der Waals surface area (Å²) in [5.41, 5.74) is 5.57. The summed E-state index contributed by atoms with van der Waals surface area (Å²) >= 11 is 0. The fourth-order valence-electron chi connectivity index (χ4n) is 2.92. The molecule has 26 heavy (non-hydrogen) atoms. The third kappa shape index (κ3) is 3.61. The molecule has 0 atom stereocenters. The van der Waals surface area contributed by atoms with Crippen molar-refractivity contribution < 1.29 is 13.2 Å². The van der Waals surface area contributed by atoms with Crippen LogP contribution >= 0.6 is 0 Å². The van der Waals surface area contributed by atoms with E-state index in [4.69, 9.17) is 5.14 Å². The van der Waals surface area contributed by atoms with E-state index in [1.165, 1.54) is 12.1 Å². The standard InChI is InChI=1S/C18H20N4O3S/c1-11(2)10-12-6-5-8-14-16(12)17(18(23)20-14)22-21-13-7-3-4-9-15(13)26(19,24)25/h3-9,11,21H,10H2,1-2H3,(H2,19,24,25)(H,20,22,23). The van der Waals surface area contributed by atoms with Crippen LogP contribution in [-0.2, 0) is 21.2 Å². The van der Waals surface area contributed by atoms with Gasteiger partial charge < -0.3 is 5.32 Å². The van der Waals surface area contributed by atoms with Gasteiger partial charge in [-0.15, -0.1) is 0 Å². The van der Waals surface area contributed by atoms with Gasteiger partial charge in [-0.1, -0.05) is 38.1 Å². The lowest BCUT2D eigenvalue weighted by Gasteiger charge is -2.11. The van der Waals surface area contributed by atoms with Crippen LogP contribution in [0.25, 0.3) is 0 Å². The number of hydrazone groups is 1. The molecule has 1 amide bonds. The first-order chi connectivity index (χ1) is 12.3. The molecule has 136 valence electrons. The number of nitrogens with zero attached hydrogens (tertiary/aromatic N) is 1. The molecule has 4 N–H and O–H groups in total. The van der Waals surface area contributed by atoms with E-state index in [2.05, 4.69) is 29.7 Å². The largest absolute Gasteiger partial charge is 0.320 e. The topological polar surface area (TPSA) is 114 Å². The monoisotopic (exact) mass is 372 g/mol. The molecule has 3 rings (SSSR count). The van der Waals surface area contributed by atoms with Crippen molar-refractivity contribution in [1.29, 1.82) is 0 Å². The van der Waals surface area contributed by atoms with E-state index in [1.54, 1.807) is 12.1 Å². The van der Waals surface area contributed by atoms with Gasteiger partial charge in [0, 0.05) is 5.56 Å². The molecule has 0 spiro atoms. The van der Waals surface area contributed by atoms with Crippen molar-refractivity contribution in [3.05, 3.63) is 53.6 Å². The second-order valence-corrected chi connectivity index (χ2v) is 8.04. The minimum atomic E-state index is -3.91. The molecule has 1 heterocycles. The van der Waals surface area contributed by atoms with E-state index in [-0.39, 0.29) is 22.2 Å². The van der Waals surface area contributed by atoms with E-state index in [0.717, 1.165) is 17.5 Å². The van der Waals surface area contributed by atoms with Crippen molar-refractivity contribution >= 4 is 33.0 Å². The summed E-state index contributed by atoms with van der Waals surface area (Å²) in [5.74, 6) is 0.0753. The zero-order chi connectivity index (χ0) is 18.9. The van der Waals surface area contributed by atoms with Crippen LogP contribution in [-0.4, -0.2) is 20.0 Å². The summed E-state index contributed by atoms with van der Waals surface area (Å²) in [7, 11) is -3.91. The van der Waals surface area contributed by atoms with Crippen molar-refractivity contribution in [2.24, 2.45) is 16.2 Å². The Balaban J connectivity index is 2.02. The van der Waals surface area contributed by atoms with Crippen molar-refractivity contribution in [3.63, 3.8) is 0 Å². The average Bonchev–Trinajstić information content (AvgIpc) is 2.88. The van der Waals surface area contributed by atoms with Gasteiger partial charge in [-0.25, -0.2) is 13.6 Å². The van der Waals surface area contributed by atoms with Gasteiger partial charge in [-0.05, 0) is 36.1 Å². The SMILES string of the molecule is CC(C)Cc1cccc2c1/C(=N/Nc1ccccc1S(N)(=O)=O)C(=O)N2. The van der Waals surface area contributed by atoms with Gasteiger partial charge in [-0.3, -0.25) is 10.2 Å². The van der Waals surface area contributed by atoms with Crippen molar-refractivity contribution in [2.45, 2.75) is 25.2 Å². The third-order valence-electron chi connectivity index (χ3n) is 3.96. The maximum atomic E-state index is 12.3. The van der Waals surface area contributed by atoms with Gasteiger partial charge >= 0.3 is 0 Å². The number of amides is 1. The zero-order valence-corrected chi connectivity index (χ0v) is 15.3. The van der Waals surface area contributed by atoms with Gasteiger partial charge in [0.15, 0.2) is 5.71 Å². The first-order valence-corrected chi connectivity index (χ1v) is 9.71. The molecular weight excluding hydrogens is 352 g/mol. The Labute approximate surface area is 152 Å². The first kappa shape index (κ1) is 18.1. The number of primary sulfonamides is 1. The highest BCUT2D eigenvalue weighted by Gasteiger charge is 2.29. The maximum absolute atomic E-state index is 12.3. The highest BCUT2D eigenvalue weighted by Crippen LogP contribution is 2.29. The summed E-state index contributed by atoms with van der Waals surface area (Å²) in [4.78, 5) is 12.3. The van der Waals surface area contributed by atoms with Crippen LogP contribution in [0.1, 0.15) is 25.0 Å². The molecule has 1 aliphatic heterocycles. The predicted octanol–water partition coefficient (Wildman–Crippen LogP) is 2.30. The number of sulfonamides is 1. The number of hydrogen-bond donors (Lipinski definition) is 3. The second kappa shape index (κ2) is 6.89. The quantitative estimate of drug-likeness (QED) is 0.699. The minimum Gasteiger partial charge on any atom is -0.320 e. The van der Waals surface area contributed by atoms with Crippen molar-refractivity contribution in [2.75, 3.05) is 10.7 Å². The first-order valence-electron chi connectivity index (χ1n) is 8.16. The Morgan fingerprint density at radius 3 is 2.58 bits per heavy atom. The number of rotatable bonds is 5. The normalized spacial score (nSPS) is 15.2. The van der Waals surface area contributed by atoms with Crippen molar-refractivity contribution in [3.8, 4) is 0 Å².